The second kappa shape index (κ2) is 7.61. The van der Waals surface area contributed by atoms with Gasteiger partial charge in [-0.15, -0.1) is 0 Å². The normalized spacial score (nSPS) is 12.3. The van der Waals surface area contributed by atoms with E-state index in [1.807, 2.05) is 0 Å². The molecule has 1 N–H and O–H groups in total. The SMILES string of the molecule is CC(C)CCNC(=O)C(C)Oc1ccc(Cl)c(Cl)c1. The van der Waals surface area contributed by atoms with Gasteiger partial charge in [-0.3, -0.25) is 4.79 Å². The highest BCUT2D eigenvalue weighted by Crippen LogP contribution is 2.26. The number of hydrogen-bond acceptors (Lipinski definition) is 2. The van der Waals surface area contributed by atoms with E-state index in [0.717, 1.165) is 6.42 Å². The first-order chi connectivity index (χ1) is 8.90. The molecule has 3 nitrogen and oxygen atoms in total. The Morgan fingerprint density at radius 2 is 1.95 bits per heavy atom. The lowest BCUT2D eigenvalue weighted by atomic mass is 10.1. The Morgan fingerprint density at radius 1 is 1.26 bits per heavy atom. The standard InChI is InChI=1S/C14H19Cl2NO2/c1-9(2)6-7-17-14(18)10(3)19-11-4-5-12(15)13(16)8-11/h4-5,8-10H,6-7H2,1-3H3,(H,17,18). The molecular formula is C14H19Cl2NO2. The Hall–Kier alpha value is -0.930. The van der Waals surface area contributed by atoms with Gasteiger partial charge in [0, 0.05) is 12.6 Å². The Labute approximate surface area is 124 Å². The van der Waals surface area contributed by atoms with Gasteiger partial charge in [0.05, 0.1) is 10.0 Å². The first kappa shape index (κ1) is 16.1. The highest BCUT2D eigenvalue weighted by Gasteiger charge is 2.14. The first-order valence-electron chi connectivity index (χ1n) is 6.29. The molecular weight excluding hydrogens is 285 g/mol. The molecule has 1 aromatic rings. The summed E-state index contributed by atoms with van der Waals surface area (Å²) < 4.78 is 5.51. The quantitative estimate of drug-likeness (QED) is 0.865. The van der Waals surface area contributed by atoms with Gasteiger partial charge in [0.25, 0.3) is 5.91 Å². The lowest BCUT2D eigenvalue weighted by molar-refractivity contribution is -0.127. The van der Waals surface area contributed by atoms with Crippen molar-refractivity contribution in [1.82, 2.24) is 5.32 Å². The molecule has 0 radical (unpaired) electrons. The summed E-state index contributed by atoms with van der Waals surface area (Å²) in [4.78, 5) is 11.8. The molecule has 1 atom stereocenters. The monoisotopic (exact) mass is 303 g/mol. The Kier molecular flexibility index (Phi) is 6.46. The molecule has 19 heavy (non-hydrogen) atoms. The van der Waals surface area contributed by atoms with E-state index in [1.165, 1.54) is 0 Å². The van der Waals surface area contributed by atoms with Gasteiger partial charge >= 0.3 is 0 Å². The molecule has 0 heterocycles. The van der Waals surface area contributed by atoms with Crippen LogP contribution in [0.5, 0.6) is 5.75 Å². The number of amides is 1. The van der Waals surface area contributed by atoms with Crippen molar-refractivity contribution in [3.8, 4) is 5.75 Å². The van der Waals surface area contributed by atoms with Crippen molar-refractivity contribution in [2.45, 2.75) is 33.3 Å². The molecule has 0 fully saturated rings. The van der Waals surface area contributed by atoms with Gasteiger partial charge in [0.1, 0.15) is 5.75 Å². The molecule has 0 bridgehead atoms. The molecule has 0 aliphatic rings. The predicted molar refractivity (Wildman–Crippen MR) is 79.0 cm³/mol. The van der Waals surface area contributed by atoms with Crippen molar-refractivity contribution in [2.75, 3.05) is 6.54 Å². The highest BCUT2D eigenvalue weighted by molar-refractivity contribution is 6.42. The molecule has 0 aromatic heterocycles. The number of hydrogen-bond donors (Lipinski definition) is 1. The van der Waals surface area contributed by atoms with Crippen LogP contribution in [0.25, 0.3) is 0 Å². The van der Waals surface area contributed by atoms with Crippen molar-refractivity contribution in [1.29, 1.82) is 0 Å². The number of rotatable bonds is 6. The van der Waals surface area contributed by atoms with Gasteiger partial charge in [-0.25, -0.2) is 0 Å². The number of nitrogens with one attached hydrogen (secondary N) is 1. The van der Waals surface area contributed by atoms with Crippen LogP contribution in [0.3, 0.4) is 0 Å². The molecule has 0 saturated heterocycles. The van der Waals surface area contributed by atoms with Crippen LogP contribution in [-0.2, 0) is 4.79 Å². The fraction of sp³-hybridized carbons (Fsp3) is 0.500. The average molecular weight is 304 g/mol. The zero-order chi connectivity index (χ0) is 14.4. The van der Waals surface area contributed by atoms with Gasteiger partial charge in [-0.05, 0) is 31.4 Å². The molecule has 1 amide bonds. The fourth-order valence-electron chi connectivity index (χ4n) is 1.44. The average Bonchev–Trinajstić information content (AvgIpc) is 2.33. The van der Waals surface area contributed by atoms with E-state index in [4.69, 9.17) is 27.9 Å². The summed E-state index contributed by atoms with van der Waals surface area (Å²) in [6.45, 7) is 6.59. The van der Waals surface area contributed by atoms with Crippen LogP contribution in [0.1, 0.15) is 27.2 Å². The Morgan fingerprint density at radius 3 is 2.53 bits per heavy atom. The third-order valence-electron chi connectivity index (χ3n) is 2.59. The number of carbonyl (C=O) groups is 1. The maximum Gasteiger partial charge on any atom is 0.260 e. The number of halogens is 2. The third-order valence-corrected chi connectivity index (χ3v) is 3.33. The van der Waals surface area contributed by atoms with Crippen LogP contribution in [0.2, 0.25) is 10.0 Å². The zero-order valence-electron chi connectivity index (χ0n) is 11.4. The second-order valence-electron chi connectivity index (χ2n) is 4.81. The summed E-state index contributed by atoms with van der Waals surface area (Å²) in [5, 5.41) is 3.71. The zero-order valence-corrected chi connectivity index (χ0v) is 12.9. The van der Waals surface area contributed by atoms with Gasteiger partial charge in [0.2, 0.25) is 0 Å². The van der Waals surface area contributed by atoms with E-state index in [2.05, 4.69) is 19.2 Å². The van der Waals surface area contributed by atoms with Crippen LogP contribution in [0.4, 0.5) is 0 Å². The van der Waals surface area contributed by atoms with Gasteiger partial charge < -0.3 is 10.1 Å². The number of ether oxygens (including phenoxy) is 1. The molecule has 5 heteroatoms. The van der Waals surface area contributed by atoms with Gasteiger partial charge in [-0.2, -0.15) is 0 Å². The minimum absolute atomic E-state index is 0.133. The molecule has 1 rings (SSSR count). The van der Waals surface area contributed by atoms with E-state index < -0.39 is 6.10 Å². The van der Waals surface area contributed by atoms with Crippen LogP contribution in [0, 0.1) is 5.92 Å². The van der Waals surface area contributed by atoms with Crippen LogP contribution >= 0.6 is 23.2 Å². The van der Waals surface area contributed by atoms with E-state index in [0.29, 0.717) is 28.3 Å². The summed E-state index contributed by atoms with van der Waals surface area (Å²) in [7, 11) is 0. The molecule has 0 aliphatic heterocycles. The van der Waals surface area contributed by atoms with E-state index >= 15 is 0 Å². The molecule has 106 valence electrons. The molecule has 0 saturated carbocycles. The van der Waals surface area contributed by atoms with E-state index in [1.54, 1.807) is 25.1 Å². The predicted octanol–water partition coefficient (Wildman–Crippen LogP) is 3.92. The summed E-state index contributed by atoms with van der Waals surface area (Å²) >= 11 is 11.7. The smallest absolute Gasteiger partial charge is 0.260 e. The van der Waals surface area contributed by atoms with Crippen molar-refractivity contribution < 1.29 is 9.53 Å². The van der Waals surface area contributed by atoms with Crippen molar-refractivity contribution in [3.05, 3.63) is 28.2 Å². The van der Waals surface area contributed by atoms with Crippen molar-refractivity contribution in [2.24, 2.45) is 5.92 Å². The molecule has 0 spiro atoms. The first-order valence-corrected chi connectivity index (χ1v) is 7.05. The maximum atomic E-state index is 11.8. The maximum absolute atomic E-state index is 11.8. The van der Waals surface area contributed by atoms with Crippen LogP contribution < -0.4 is 10.1 Å². The Bertz CT molecular complexity index is 435. The van der Waals surface area contributed by atoms with Crippen LogP contribution in [-0.4, -0.2) is 18.6 Å². The lowest BCUT2D eigenvalue weighted by Gasteiger charge is -2.15. The molecule has 1 aromatic carbocycles. The third kappa shape index (κ3) is 5.70. The fourth-order valence-corrected chi connectivity index (χ4v) is 1.72. The highest BCUT2D eigenvalue weighted by atomic mass is 35.5. The van der Waals surface area contributed by atoms with Gasteiger partial charge in [0.15, 0.2) is 6.10 Å². The lowest BCUT2D eigenvalue weighted by Crippen LogP contribution is -2.37. The van der Waals surface area contributed by atoms with Gasteiger partial charge in [-0.1, -0.05) is 37.0 Å². The van der Waals surface area contributed by atoms with Crippen molar-refractivity contribution >= 4 is 29.1 Å². The largest absolute Gasteiger partial charge is 0.481 e. The topological polar surface area (TPSA) is 38.3 Å². The van der Waals surface area contributed by atoms with E-state index in [9.17, 15) is 4.79 Å². The van der Waals surface area contributed by atoms with Crippen molar-refractivity contribution in [3.63, 3.8) is 0 Å². The van der Waals surface area contributed by atoms with Crippen LogP contribution in [0.15, 0.2) is 18.2 Å². The van der Waals surface area contributed by atoms with E-state index in [-0.39, 0.29) is 5.91 Å². The minimum atomic E-state index is -0.565. The molecule has 1 unspecified atom stereocenters. The second-order valence-corrected chi connectivity index (χ2v) is 5.62. The number of carbonyl (C=O) groups excluding carboxylic acids is 1. The summed E-state index contributed by atoms with van der Waals surface area (Å²) in [6.07, 6.45) is 0.384. The summed E-state index contributed by atoms with van der Waals surface area (Å²) in [5.41, 5.74) is 0. The number of benzene rings is 1. The Balaban J connectivity index is 2.47. The summed E-state index contributed by atoms with van der Waals surface area (Å²) in [5.74, 6) is 0.958. The molecule has 0 aliphatic carbocycles. The minimum Gasteiger partial charge on any atom is -0.481 e. The summed E-state index contributed by atoms with van der Waals surface area (Å²) in [6, 6.07) is 4.93.